The molecular formula is C29H26N4O4S. The van der Waals surface area contributed by atoms with Gasteiger partial charge in [0.05, 0.1) is 12.9 Å². The van der Waals surface area contributed by atoms with Crippen molar-refractivity contribution in [2.24, 2.45) is 10.9 Å². The second-order valence-electron chi connectivity index (χ2n) is 10.2. The molecular weight excluding hydrogens is 500 g/mol. The lowest BCUT2D eigenvalue weighted by molar-refractivity contribution is -0.131. The number of amides is 2. The summed E-state index contributed by atoms with van der Waals surface area (Å²) >= 11 is 1.36. The lowest BCUT2D eigenvalue weighted by atomic mass is 9.98. The molecule has 2 unspecified atom stereocenters. The third-order valence-electron chi connectivity index (χ3n) is 7.78. The molecule has 3 aliphatic heterocycles. The number of aromatic nitrogens is 1. The SMILES string of the molecule is O=C(c1nccs1)N1CCC(CN2C(=O)C3(CCOC3)N=C2c2ccc(-c3ccc4occc4c3)cc2)C1. The maximum Gasteiger partial charge on any atom is 0.282 e. The molecule has 2 saturated heterocycles. The first-order chi connectivity index (χ1) is 18.6. The number of thiazole rings is 1. The van der Waals surface area contributed by atoms with Crippen molar-refractivity contribution >= 4 is 40.0 Å². The van der Waals surface area contributed by atoms with Crippen LogP contribution in [-0.4, -0.2) is 70.8 Å². The van der Waals surface area contributed by atoms with Gasteiger partial charge in [-0.1, -0.05) is 30.3 Å². The highest BCUT2D eigenvalue weighted by Gasteiger charge is 2.51. The summed E-state index contributed by atoms with van der Waals surface area (Å²) in [4.78, 5) is 39.4. The van der Waals surface area contributed by atoms with Crippen LogP contribution in [0.25, 0.3) is 22.1 Å². The van der Waals surface area contributed by atoms with Gasteiger partial charge >= 0.3 is 0 Å². The fourth-order valence-electron chi connectivity index (χ4n) is 5.71. The van der Waals surface area contributed by atoms with Crippen molar-refractivity contribution < 1.29 is 18.7 Å². The van der Waals surface area contributed by atoms with E-state index in [1.807, 2.05) is 45.5 Å². The van der Waals surface area contributed by atoms with Crippen molar-refractivity contribution in [3.63, 3.8) is 0 Å². The lowest BCUT2D eigenvalue weighted by Gasteiger charge is -2.25. The number of fused-ring (bicyclic) bond motifs is 1. The smallest absolute Gasteiger partial charge is 0.282 e. The zero-order valence-corrected chi connectivity index (χ0v) is 21.5. The van der Waals surface area contributed by atoms with Gasteiger partial charge in [-0.2, -0.15) is 0 Å². The highest BCUT2D eigenvalue weighted by Crippen LogP contribution is 2.35. The van der Waals surface area contributed by atoms with Crippen LogP contribution in [0.3, 0.4) is 0 Å². The summed E-state index contributed by atoms with van der Waals surface area (Å²) in [5.41, 5.74) is 3.12. The maximum atomic E-state index is 13.7. The number of likely N-dealkylation sites (tertiary alicyclic amines) is 1. The van der Waals surface area contributed by atoms with E-state index in [1.165, 1.54) is 11.3 Å². The number of benzene rings is 2. The van der Waals surface area contributed by atoms with Gasteiger partial charge in [0.15, 0.2) is 10.5 Å². The van der Waals surface area contributed by atoms with Gasteiger partial charge in [-0.3, -0.25) is 14.5 Å². The van der Waals surface area contributed by atoms with Crippen molar-refractivity contribution in [3.8, 4) is 11.1 Å². The first-order valence-electron chi connectivity index (χ1n) is 12.9. The molecule has 2 atom stereocenters. The molecule has 2 fully saturated rings. The van der Waals surface area contributed by atoms with Crippen LogP contribution in [-0.2, 0) is 9.53 Å². The fourth-order valence-corrected chi connectivity index (χ4v) is 6.31. The molecule has 4 aromatic rings. The molecule has 2 amide bonds. The summed E-state index contributed by atoms with van der Waals surface area (Å²) in [5.74, 6) is 0.840. The number of rotatable bonds is 5. The molecule has 38 heavy (non-hydrogen) atoms. The zero-order valence-electron chi connectivity index (χ0n) is 20.7. The molecule has 8 nitrogen and oxygen atoms in total. The van der Waals surface area contributed by atoms with Crippen molar-refractivity contribution in [3.05, 3.63) is 76.9 Å². The molecule has 5 heterocycles. The summed E-state index contributed by atoms with van der Waals surface area (Å²) < 4.78 is 11.1. The van der Waals surface area contributed by atoms with Gasteiger partial charge in [-0.15, -0.1) is 11.3 Å². The summed E-state index contributed by atoms with van der Waals surface area (Å²) in [7, 11) is 0. The number of ether oxygens (including phenoxy) is 1. The van der Waals surface area contributed by atoms with Crippen molar-refractivity contribution in [2.45, 2.75) is 18.4 Å². The molecule has 2 aromatic heterocycles. The van der Waals surface area contributed by atoms with E-state index in [1.54, 1.807) is 12.5 Å². The molecule has 9 heteroatoms. The van der Waals surface area contributed by atoms with Crippen molar-refractivity contribution in [1.82, 2.24) is 14.8 Å². The Balaban J connectivity index is 1.14. The van der Waals surface area contributed by atoms with E-state index in [0.717, 1.165) is 34.1 Å². The predicted octanol–water partition coefficient (Wildman–Crippen LogP) is 4.47. The summed E-state index contributed by atoms with van der Waals surface area (Å²) in [6, 6.07) is 16.3. The Morgan fingerprint density at radius 1 is 1.11 bits per heavy atom. The van der Waals surface area contributed by atoms with Crippen LogP contribution in [0.15, 0.2) is 75.8 Å². The van der Waals surface area contributed by atoms with Crippen LogP contribution < -0.4 is 0 Å². The van der Waals surface area contributed by atoms with Crippen LogP contribution >= 0.6 is 11.3 Å². The summed E-state index contributed by atoms with van der Waals surface area (Å²) in [5, 5.41) is 3.39. The molecule has 0 N–H and O–H groups in total. The number of hydrogen-bond donors (Lipinski definition) is 0. The molecule has 2 aromatic carbocycles. The van der Waals surface area contributed by atoms with Crippen LogP contribution in [0.1, 0.15) is 28.2 Å². The Hall–Kier alpha value is -3.82. The van der Waals surface area contributed by atoms with Gasteiger partial charge < -0.3 is 14.1 Å². The minimum absolute atomic E-state index is 0.00388. The molecule has 7 rings (SSSR count). The Morgan fingerprint density at radius 3 is 2.74 bits per heavy atom. The van der Waals surface area contributed by atoms with E-state index >= 15 is 0 Å². The highest BCUT2D eigenvalue weighted by atomic mass is 32.1. The molecule has 0 bridgehead atoms. The van der Waals surface area contributed by atoms with Gasteiger partial charge in [-0.05, 0) is 41.7 Å². The van der Waals surface area contributed by atoms with Crippen molar-refractivity contribution in [1.29, 1.82) is 0 Å². The number of nitrogens with zero attached hydrogens (tertiary/aromatic N) is 4. The van der Waals surface area contributed by atoms with Crippen LogP contribution in [0.2, 0.25) is 0 Å². The first-order valence-corrected chi connectivity index (χ1v) is 13.7. The Morgan fingerprint density at radius 2 is 1.95 bits per heavy atom. The minimum atomic E-state index is -0.838. The van der Waals surface area contributed by atoms with Gasteiger partial charge in [0.25, 0.3) is 11.8 Å². The van der Waals surface area contributed by atoms with Gasteiger partial charge in [-0.25, -0.2) is 9.98 Å². The molecule has 0 saturated carbocycles. The monoisotopic (exact) mass is 526 g/mol. The van der Waals surface area contributed by atoms with Crippen LogP contribution in [0.5, 0.6) is 0 Å². The number of amidine groups is 1. The third-order valence-corrected chi connectivity index (χ3v) is 8.54. The second-order valence-corrected chi connectivity index (χ2v) is 11.1. The largest absolute Gasteiger partial charge is 0.464 e. The van der Waals surface area contributed by atoms with Gasteiger partial charge in [0.2, 0.25) is 0 Å². The minimum Gasteiger partial charge on any atom is -0.464 e. The average molecular weight is 527 g/mol. The van der Waals surface area contributed by atoms with E-state index in [-0.39, 0.29) is 17.7 Å². The third kappa shape index (κ3) is 3.93. The van der Waals surface area contributed by atoms with E-state index in [2.05, 4.69) is 23.2 Å². The number of aliphatic imine (C=N–C) groups is 1. The zero-order chi connectivity index (χ0) is 25.7. The van der Waals surface area contributed by atoms with Gasteiger partial charge in [0, 0.05) is 55.2 Å². The van der Waals surface area contributed by atoms with Crippen LogP contribution in [0, 0.1) is 5.92 Å². The molecule has 3 aliphatic rings. The summed E-state index contributed by atoms with van der Waals surface area (Å²) in [6.45, 7) is 2.65. The quantitative estimate of drug-likeness (QED) is 0.383. The summed E-state index contributed by atoms with van der Waals surface area (Å²) in [6.07, 6.45) is 4.78. The van der Waals surface area contributed by atoms with E-state index in [4.69, 9.17) is 14.1 Å². The molecule has 0 aliphatic carbocycles. The number of carbonyl (C=O) groups excluding carboxylic acids is 2. The van der Waals surface area contributed by atoms with Crippen molar-refractivity contribution in [2.75, 3.05) is 32.8 Å². The first kappa shape index (κ1) is 23.3. The number of carbonyl (C=O) groups is 2. The number of furan rings is 1. The van der Waals surface area contributed by atoms with E-state index in [0.29, 0.717) is 50.1 Å². The molecule has 0 radical (unpaired) electrons. The highest BCUT2D eigenvalue weighted by molar-refractivity contribution is 7.11. The topological polar surface area (TPSA) is 88.2 Å². The second kappa shape index (κ2) is 9.18. The lowest BCUT2D eigenvalue weighted by Crippen LogP contribution is -2.45. The molecule has 1 spiro atoms. The normalized spacial score (nSPS) is 23.2. The Bertz CT molecular complexity index is 1540. The van der Waals surface area contributed by atoms with Crippen LogP contribution in [0.4, 0.5) is 0 Å². The maximum absolute atomic E-state index is 13.7. The Kier molecular flexibility index (Phi) is 5.63. The predicted molar refractivity (Wildman–Crippen MR) is 144 cm³/mol. The standard InChI is InChI=1S/C29H26N4O4S/c34-27(26-30-10-14-38-26)32-11-7-19(16-32)17-33-25(31-29(28(33)35)9-13-36-18-29)21-3-1-20(2-4-21)22-5-6-24-23(15-22)8-12-37-24/h1-6,8,10,12,14-15,19H,7,9,11,13,16-18H2. The van der Waals surface area contributed by atoms with Gasteiger partial charge in [0.1, 0.15) is 11.4 Å². The van der Waals surface area contributed by atoms with E-state index in [9.17, 15) is 9.59 Å². The molecule has 192 valence electrons. The fraction of sp³-hybridized carbons (Fsp3) is 0.310. The van der Waals surface area contributed by atoms with E-state index < -0.39 is 5.54 Å². The average Bonchev–Trinajstić information content (AvgIpc) is 3.78. The number of hydrogen-bond acceptors (Lipinski definition) is 7. The Labute approximate surface area is 223 Å².